The Bertz CT molecular complexity index is 877. The first-order valence-electron chi connectivity index (χ1n) is 8.63. The molecule has 2 aliphatic carbocycles. The minimum atomic E-state index is -0.533. The van der Waals surface area contributed by atoms with Crippen molar-refractivity contribution >= 4 is 23.7 Å². The first-order chi connectivity index (χ1) is 13.0. The summed E-state index contributed by atoms with van der Waals surface area (Å²) in [5.74, 6) is -0.751. The zero-order valence-corrected chi connectivity index (χ0v) is 14.4. The van der Waals surface area contributed by atoms with Crippen molar-refractivity contribution in [3.05, 3.63) is 58.7 Å². The summed E-state index contributed by atoms with van der Waals surface area (Å²) in [6.45, 7) is 3.77. The number of hydrogen-bond acceptors (Lipinski definition) is 6. The fraction of sp³-hybridized carbons (Fsp3) is 0.316. The van der Waals surface area contributed by atoms with Crippen LogP contribution in [0, 0.1) is 33.8 Å². The molecule has 27 heavy (non-hydrogen) atoms. The Kier molecular flexibility index (Phi) is 4.10. The van der Waals surface area contributed by atoms with E-state index in [-0.39, 0.29) is 47.8 Å². The van der Waals surface area contributed by atoms with E-state index < -0.39 is 4.92 Å². The SMILES string of the molecule is C=CCOc1ccc([N+](=O)[O-])cc1C=NN1C(=O)C2C3C=CC(C3)C2C1=O. The third kappa shape index (κ3) is 2.73. The van der Waals surface area contributed by atoms with Gasteiger partial charge >= 0.3 is 0 Å². The van der Waals surface area contributed by atoms with Crippen molar-refractivity contribution in [1.29, 1.82) is 0 Å². The summed E-state index contributed by atoms with van der Waals surface area (Å²) in [7, 11) is 0. The highest BCUT2D eigenvalue weighted by molar-refractivity contribution is 6.07. The first-order valence-corrected chi connectivity index (χ1v) is 8.63. The maximum Gasteiger partial charge on any atom is 0.270 e. The fourth-order valence-electron chi connectivity index (χ4n) is 4.15. The van der Waals surface area contributed by atoms with Crippen molar-refractivity contribution in [2.75, 3.05) is 6.61 Å². The molecule has 1 saturated carbocycles. The number of hydrazone groups is 1. The van der Waals surface area contributed by atoms with Crippen molar-refractivity contribution in [3.63, 3.8) is 0 Å². The monoisotopic (exact) mass is 367 g/mol. The molecule has 2 fully saturated rings. The molecule has 0 N–H and O–H groups in total. The van der Waals surface area contributed by atoms with E-state index in [1.54, 1.807) is 6.08 Å². The van der Waals surface area contributed by atoms with E-state index in [1.807, 2.05) is 12.2 Å². The summed E-state index contributed by atoms with van der Waals surface area (Å²) >= 11 is 0. The molecule has 4 unspecified atom stereocenters. The lowest BCUT2D eigenvalue weighted by Crippen LogP contribution is -2.28. The van der Waals surface area contributed by atoms with Crippen LogP contribution < -0.4 is 4.74 Å². The number of fused-ring (bicyclic) bond motifs is 5. The topological polar surface area (TPSA) is 102 Å². The van der Waals surface area contributed by atoms with Gasteiger partial charge in [-0.2, -0.15) is 10.1 Å². The molecular formula is C19H17N3O5. The predicted molar refractivity (Wildman–Crippen MR) is 96.0 cm³/mol. The maximum absolute atomic E-state index is 12.6. The van der Waals surface area contributed by atoms with E-state index in [2.05, 4.69) is 11.7 Å². The number of rotatable bonds is 6. The minimum Gasteiger partial charge on any atom is -0.489 e. The molecule has 2 bridgehead atoms. The average molecular weight is 367 g/mol. The van der Waals surface area contributed by atoms with Gasteiger partial charge in [0.1, 0.15) is 12.4 Å². The predicted octanol–water partition coefficient (Wildman–Crippen LogP) is 2.30. The van der Waals surface area contributed by atoms with Crippen molar-refractivity contribution in [2.24, 2.45) is 28.8 Å². The Hall–Kier alpha value is -3.29. The van der Waals surface area contributed by atoms with Crippen LogP contribution in [0.4, 0.5) is 5.69 Å². The molecule has 8 heteroatoms. The Morgan fingerprint density at radius 2 is 1.93 bits per heavy atom. The van der Waals surface area contributed by atoms with Gasteiger partial charge in [0.25, 0.3) is 17.5 Å². The van der Waals surface area contributed by atoms with Crippen LogP contribution in [0.1, 0.15) is 12.0 Å². The van der Waals surface area contributed by atoms with Gasteiger partial charge in [0.05, 0.1) is 23.0 Å². The van der Waals surface area contributed by atoms with Gasteiger partial charge in [-0.15, -0.1) is 0 Å². The number of imide groups is 1. The second-order valence-corrected chi connectivity index (χ2v) is 6.81. The summed E-state index contributed by atoms with van der Waals surface area (Å²) in [5.41, 5.74) is 0.172. The molecule has 8 nitrogen and oxygen atoms in total. The number of nitro benzene ring substituents is 1. The highest BCUT2D eigenvalue weighted by Gasteiger charge is 2.59. The van der Waals surface area contributed by atoms with Gasteiger partial charge in [-0.1, -0.05) is 24.8 Å². The van der Waals surface area contributed by atoms with Crippen LogP contribution in [0.15, 0.2) is 48.1 Å². The normalized spacial score (nSPS) is 28.2. The highest BCUT2D eigenvalue weighted by atomic mass is 16.6. The van der Waals surface area contributed by atoms with Crippen molar-refractivity contribution in [2.45, 2.75) is 6.42 Å². The van der Waals surface area contributed by atoms with E-state index in [0.717, 1.165) is 11.4 Å². The number of non-ortho nitro benzene ring substituents is 1. The van der Waals surface area contributed by atoms with Crippen LogP contribution in [0.2, 0.25) is 0 Å². The molecule has 3 aliphatic rings. The molecule has 4 atom stereocenters. The molecule has 1 saturated heterocycles. The Labute approximate surface area is 154 Å². The summed E-state index contributed by atoms with van der Waals surface area (Å²) < 4.78 is 5.48. The van der Waals surface area contributed by atoms with Gasteiger partial charge in [0.15, 0.2) is 0 Å². The Balaban J connectivity index is 1.62. The molecule has 0 radical (unpaired) electrons. The minimum absolute atomic E-state index is 0.0981. The molecule has 1 aromatic rings. The molecule has 4 rings (SSSR count). The number of benzene rings is 1. The summed E-state index contributed by atoms with van der Waals surface area (Å²) in [6.07, 6.45) is 7.66. The standard InChI is InChI=1S/C19H17N3O5/c1-2-7-27-15-6-5-14(22(25)26)9-13(15)10-20-21-18(23)16-11-3-4-12(8-11)17(16)19(21)24/h2-6,9-12,16-17H,1,7-8H2. The fourth-order valence-corrected chi connectivity index (χ4v) is 4.15. The first kappa shape index (κ1) is 17.1. The lowest BCUT2D eigenvalue weighted by molar-refractivity contribution is -0.384. The van der Waals surface area contributed by atoms with E-state index in [1.165, 1.54) is 24.4 Å². The molecule has 138 valence electrons. The van der Waals surface area contributed by atoms with Crippen molar-refractivity contribution < 1.29 is 19.2 Å². The van der Waals surface area contributed by atoms with Gasteiger partial charge in [-0.3, -0.25) is 19.7 Å². The van der Waals surface area contributed by atoms with Gasteiger partial charge < -0.3 is 4.74 Å². The number of carbonyl (C=O) groups is 2. The van der Waals surface area contributed by atoms with Gasteiger partial charge in [0, 0.05) is 17.7 Å². The van der Waals surface area contributed by atoms with Crippen LogP contribution in [0.3, 0.4) is 0 Å². The zero-order chi connectivity index (χ0) is 19.1. The number of ether oxygens (including phenoxy) is 1. The van der Waals surface area contributed by atoms with Crippen LogP contribution in [-0.2, 0) is 9.59 Å². The van der Waals surface area contributed by atoms with E-state index in [9.17, 15) is 19.7 Å². The smallest absolute Gasteiger partial charge is 0.270 e. The molecular weight excluding hydrogens is 350 g/mol. The quantitative estimate of drug-likeness (QED) is 0.252. The Morgan fingerprint density at radius 3 is 2.52 bits per heavy atom. The lowest BCUT2D eigenvalue weighted by Gasteiger charge is -2.13. The van der Waals surface area contributed by atoms with Crippen LogP contribution in [-0.4, -0.2) is 34.6 Å². The number of carbonyl (C=O) groups excluding carboxylic acids is 2. The molecule has 0 aromatic heterocycles. The molecule has 1 aliphatic heterocycles. The summed E-state index contributed by atoms with van der Waals surface area (Å²) in [5, 5.41) is 16.0. The summed E-state index contributed by atoms with van der Waals surface area (Å²) in [4.78, 5) is 35.8. The highest BCUT2D eigenvalue weighted by Crippen LogP contribution is 2.52. The van der Waals surface area contributed by atoms with Crippen molar-refractivity contribution in [3.8, 4) is 5.75 Å². The third-order valence-corrected chi connectivity index (χ3v) is 5.32. The largest absolute Gasteiger partial charge is 0.489 e. The lowest BCUT2D eigenvalue weighted by atomic mass is 9.85. The zero-order valence-electron chi connectivity index (χ0n) is 14.4. The molecule has 1 aromatic carbocycles. The second kappa shape index (κ2) is 6.46. The van der Waals surface area contributed by atoms with Gasteiger partial charge in [0.2, 0.25) is 0 Å². The molecule has 1 heterocycles. The van der Waals surface area contributed by atoms with Gasteiger partial charge in [-0.05, 0) is 24.3 Å². The van der Waals surface area contributed by atoms with Crippen LogP contribution >= 0.6 is 0 Å². The number of allylic oxidation sites excluding steroid dienone is 2. The molecule has 0 spiro atoms. The van der Waals surface area contributed by atoms with Crippen LogP contribution in [0.5, 0.6) is 5.75 Å². The van der Waals surface area contributed by atoms with Gasteiger partial charge in [-0.25, -0.2) is 0 Å². The Morgan fingerprint density at radius 1 is 1.26 bits per heavy atom. The number of hydrogen-bond donors (Lipinski definition) is 0. The molecule has 2 amide bonds. The van der Waals surface area contributed by atoms with Crippen molar-refractivity contribution in [1.82, 2.24) is 5.01 Å². The summed E-state index contributed by atoms with van der Waals surface area (Å²) in [6, 6.07) is 4.06. The number of nitrogens with zero attached hydrogens (tertiary/aromatic N) is 3. The third-order valence-electron chi connectivity index (χ3n) is 5.32. The number of nitro groups is 1. The van der Waals surface area contributed by atoms with E-state index >= 15 is 0 Å². The van der Waals surface area contributed by atoms with E-state index in [4.69, 9.17) is 4.74 Å². The average Bonchev–Trinajstić information content (AvgIpc) is 3.33. The second-order valence-electron chi connectivity index (χ2n) is 6.81. The van der Waals surface area contributed by atoms with Crippen LogP contribution in [0.25, 0.3) is 0 Å². The van der Waals surface area contributed by atoms with E-state index in [0.29, 0.717) is 11.3 Å². The maximum atomic E-state index is 12.6. The number of amides is 2.